The molecule has 2 aromatic carbocycles. The fourth-order valence-corrected chi connectivity index (χ4v) is 11.0. The summed E-state index contributed by atoms with van der Waals surface area (Å²) in [5.41, 5.74) is 6.67. The average molecular weight is 719 g/mol. The van der Waals surface area contributed by atoms with Gasteiger partial charge in [-0.05, 0) is 72.4 Å². The first-order valence-electron chi connectivity index (χ1n) is 15.1. The van der Waals surface area contributed by atoms with Gasteiger partial charge in [0.2, 0.25) is 0 Å². The highest BCUT2D eigenvalue weighted by Crippen LogP contribution is 2.46. The number of halogens is 1. The van der Waals surface area contributed by atoms with Crippen LogP contribution in [0, 0.1) is 34.6 Å². The molecule has 0 spiro atoms. The Bertz CT molecular complexity index is 2480. The summed E-state index contributed by atoms with van der Waals surface area (Å²) in [7, 11) is 0. The molecule has 0 aliphatic heterocycles. The summed E-state index contributed by atoms with van der Waals surface area (Å²) in [4.78, 5) is 10.0. The summed E-state index contributed by atoms with van der Waals surface area (Å²) in [5.74, 6) is 0.428. The minimum absolute atomic E-state index is 0.163. The molecule has 0 atom stereocenters. The number of anilines is 1. The largest absolute Gasteiger partial charge is 0.252 e. The van der Waals surface area contributed by atoms with Crippen molar-refractivity contribution in [3.8, 4) is 54.3 Å². The van der Waals surface area contributed by atoms with Crippen molar-refractivity contribution in [1.29, 1.82) is 10.5 Å². The van der Waals surface area contributed by atoms with Gasteiger partial charge in [0.15, 0.2) is 12.4 Å². The third kappa shape index (κ3) is 5.56. The Labute approximate surface area is 295 Å². The zero-order chi connectivity index (χ0) is 32.9. The van der Waals surface area contributed by atoms with Crippen LogP contribution in [-0.2, 0) is 6.42 Å². The van der Waals surface area contributed by atoms with Gasteiger partial charge in [0.1, 0.15) is 22.5 Å². The Morgan fingerprint density at radius 2 is 1.33 bits per heavy atom. The fraction of sp³-hybridized carbons (Fsp3) is 0.139. The van der Waals surface area contributed by atoms with Gasteiger partial charge in [-0.15, -0.1) is 45.3 Å². The number of aromatic nitrogens is 3. The first-order valence-corrected chi connectivity index (χ1v) is 19.1. The van der Waals surface area contributed by atoms with Crippen LogP contribution in [0.3, 0.4) is 0 Å². The molecular formula is C36H23FN6S5. The van der Waals surface area contributed by atoms with Crippen molar-refractivity contribution in [1.82, 2.24) is 13.7 Å². The van der Waals surface area contributed by atoms with Crippen LogP contribution in [0.25, 0.3) is 71.7 Å². The van der Waals surface area contributed by atoms with Crippen LogP contribution < -0.4 is 4.90 Å². The maximum Gasteiger partial charge on any atom is 0.198 e. The molecule has 0 radical (unpaired) electrons. The molecular weight excluding hydrogens is 696 g/mol. The van der Waals surface area contributed by atoms with E-state index in [0.29, 0.717) is 17.2 Å². The van der Waals surface area contributed by atoms with E-state index in [1.807, 2.05) is 36.8 Å². The molecule has 0 saturated carbocycles. The number of hydrogen-bond donors (Lipinski definition) is 0. The van der Waals surface area contributed by atoms with Gasteiger partial charge < -0.3 is 0 Å². The molecule has 8 rings (SSSR count). The maximum atomic E-state index is 15.1. The molecule has 12 heteroatoms. The molecule has 6 aromatic heterocycles. The van der Waals surface area contributed by atoms with Crippen molar-refractivity contribution in [2.24, 2.45) is 5.92 Å². The van der Waals surface area contributed by atoms with E-state index in [-0.39, 0.29) is 5.82 Å². The van der Waals surface area contributed by atoms with Crippen LogP contribution in [0.1, 0.15) is 25.8 Å². The van der Waals surface area contributed by atoms with Crippen LogP contribution in [0.2, 0.25) is 0 Å². The Kier molecular flexibility index (Phi) is 7.99. The van der Waals surface area contributed by atoms with Gasteiger partial charge in [-0.25, -0.2) is 4.39 Å². The van der Waals surface area contributed by atoms with Crippen molar-refractivity contribution >= 4 is 92.6 Å². The van der Waals surface area contributed by atoms with Gasteiger partial charge in [0.05, 0.1) is 22.3 Å². The Hall–Kier alpha value is -4.56. The number of nitrogens with zero attached hydrogens (tertiary/aromatic N) is 6. The third-order valence-corrected chi connectivity index (χ3v) is 13.4. The Morgan fingerprint density at radius 3 is 2.00 bits per heavy atom. The SMILES string of the molecule is CC(C)CCc1ccc(-c2cc3sc(-c4cnc(-c5cc6sc(-c7ccc(N(C#N)C#N)cc7)cc6s5)c5nsnc45)cc3s2)c(F)c1. The first-order chi connectivity index (χ1) is 23.4. The monoisotopic (exact) mass is 718 g/mol. The van der Waals surface area contributed by atoms with Crippen molar-refractivity contribution in [2.45, 2.75) is 26.7 Å². The van der Waals surface area contributed by atoms with Gasteiger partial charge in [-0.3, -0.25) is 4.98 Å². The molecule has 6 nitrogen and oxygen atoms in total. The van der Waals surface area contributed by atoms with Crippen molar-refractivity contribution in [2.75, 3.05) is 4.90 Å². The minimum Gasteiger partial charge on any atom is -0.252 e. The fourth-order valence-electron chi connectivity index (χ4n) is 5.61. The lowest BCUT2D eigenvalue weighted by molar-refractivity contribution is 0.582. The molecule has 0 unspecified atom stereocenters. The number of pyridine rings is 1. The molecule has 234 valence electrons. The first kappa shape index (κ1) is 30.8. The van der Waals surface area contributed by atoms with Gasteiger partial charge in [-0.2, -0.15) is 24.2 Å². The van der Waals surface area contributed by atoms with Crippen molar-refractivity contribution in [3.63, 3.8) is 0 Å². The standard InChI is InChI=1S/C36H23FN6S5/c1-19(2)3-4-20-5-10-23(25(37)11-20)27-13-30-31(45-27)14-28(46-30)24-16-40-35(36-34(24)41-48-42-36)33-15-32-29(47-33)12-26(44-32)21-6-8-22(9-7-21)43(17-38)18-39/h5-16,19H,3-4H2,1-2H3. The van der Waals surface area contributed by atoms with E-state index in [2.05, 4.69) is 52.9 Å². The van der Waals surface area contributed by atoms with E-state index in [1.165, 1.54) is 11.7 Å². The lowest BCUT2D eigenvalue weighted by Gasteiger charge is -2.07. The highest BCUT2D eigenvalue weighted by molar-refractivity contribution is 7.31. The molecule has 0 saturated heterocycles. The number of fused-ring (bicyclic) bond motifs is 3. The highest BCUT2D eigenvalue weighted by Gasteiger charge is 2.20. The normalized spacial score (nSPS) is 11.5. The summed E-state index contributed by atoms with van der Waals surface area (Å²) in [5, 5.41) is 18.2. The highest BCUT2D eigenvalue weighted by atomic mass is 32.1. The second-order valence-electron chi connectivity index (χ2n) is 11.7. The molecule has 6 heterocycles. The number of thiophene rings is 4. The topological polar surface area (TPSA) is 89.5 Å². The van der Waals surface area contributed by atoms with E-state index in [9.17, 15) is 0 Å². The molecule has 48 heavy (non-hydrogen) atoms. The van der Waals surface area contributed by atoms with Crippen LogP contribution in [-0.4, -0.2) is 13.7 Å². The summed E-state index contributed by atoms with van der Waals surface area (Å²) >= 11 is 7.84. The van der Waals surface area contributed by atoms with E-state index < -0.39 is 0 Å². The Morgan fingerprint density at radius 1 is 0.729 bits per heavy atom. The molecule has 0 amide bonds. The van der Waals surface area contributed by atoms with Gasteiger partial charge in [0.25, 0.3) is 0 Å². The molecule has 8 aromatic rings. The van der Waals surface area contributed by atoms with Gasteiger partial charge >= 0.3 is 0 Å². The number of nitriles is 2. The van der Waals surface area contributed by atoms with E-state index in [0.717, 1.165) is 89.5 Å². The quantitative estimate of drug-likeness (QED) is 0.115. The van der Waals surface area contributed by atoms with Crippen LogP contribution >= 0.6 is 57.1 Å². The predicted octanol–water partition coefficient (Wildman–Crippen LogP) is 11.8. The second kappa shape index (κ2) is 12.5. The molecule has 0 N–H and O–H groups in total. The lowest BCUT2D eigenvalue weighted by Crippen LogP contribution is -2.06. The third-order valence-electron chi connectivity index (χ3n) is 8.12. The second-order valence-corrected chi connectivity index (χ2v) is 16.6. The Balaban J connectivity index is 1.06. The van der Waals surface area contributed by atoms with E-state index >= 15 is 4.39 Å². The zero-order valence-electron chi connectivity index (χ0n) is 25.5. The zero-order valence-corrected chi connectivity index (χ0v) is 29.6. The van der Waals surface area contributed by atoms with E-state index in [1.54, 1.807) is 63.5 Å². The minimum atomic E-state index is -0.163. The van der Waals surface area contributed by atoms with Gasteiger partial charge in [-0.1, -0.05) is 38.1 Å². The number of benzene rings is 2. The van der Waals surface area contributed by atoms with E-state index in [4.69, 9.17) is 15.5 Å². The average Bonchev–Trinajstić information content (AvgIpc) is 3.91. The van der Waals surface area contributed by atoms with Crippen LogP contribution in [0.4, 0.5) is 10.1 Å². The van der Waals surface area contributed by atoms with Crippen molar-refractivity contribution < 1.29 is 4.39 Å². The smallest absolute Gasteiger partial charge is 0.198 e. The molecule has 0 aliphatic carbocycles. The van der Waals surface area contributed by atoms with Crippen LogP contribution in [0.5, 0.6) is 0 Å². The lowest BCUT2D eigenvalue weighted by atomic mass is 10.0. The molecule has 0 bridgehead atoms. The van der Waals surface area contributed by atoms with Crippen LogP contribution in [0.15, 0.2) is 72.9 Å². The number of hydrogen-bond acceptors (Lipinski definition) is 11. The summed E-state index contributed by atoms with van der Waals surface area (Å²) in [6.45, 7) is 4.38. The number of aryl methyl sites for hydroxylation is 1. The maximum absolute atomic E-state index is 15.1. The predicted molar refractivity (Wildman–Crippen MR) is 200 cm³/mol. The van der Waals surface area contributed by atoms with Gasteiger partial charge in [0, 0.05) is 50.8 Å². The number of rotatable bonds is 8. The summed E-state index contributed by atoms with van der Waals surface area (Å²) < 4.78 is 29.0. The van der Waals surface area contributed by atoms with Crippen molar-refractivity contribution in [3.05, 3.63) is 84.3 Å². The molecule has 0 aliphatic rings. The molecule has 0 fully saturated rings. The summed E-state index contributed by atoms with van der Waals surface area (Å²) in [6.07, 6.45) is 7.56. The summed E-state index contributed by atoms with van der Waals surface area (Å²) in [6, 6.07) is 21.7.